The smallest absolute Gasteiger partial charge is 0.329 e. The predicted octanol–water partition coefficient (Wildman–Crippen LogP) is 0.209. The third-order valence-electron chi connectivity index (χ3n) is 4.73. The van der Waals surface area contributed by atoms with Crippen molar-refractivity contribution in [2.45, 2.75) is 25.8 Å². The Kier molecular flexibility index (Phi) is 4.99. The van der Waals surface area contributed by atoms with Gasteiger partial charge in [-0.2, -0.15) is 0 Å². The number of imide groups is 1. The van der Waals surface area contributed by atoms with Crippen LogP contribution in [0.15, 0.2) is 24.3 Å². The summed E-state index contributed by atoms with van der Waals surface area (Å²) < 4.78 is 13.0. The van der Waals surface area contributed by atoms with Crippen molar-refractivity contribution in [3.05, 3.63) is 30.1 Å². The Morgan fingerprint density at radius 3 is 2.50 bits per heavy atom. The number of halogens is 1. The molecule has 0 unspecified atom stereocenters. The molecule has 1 aromatic rings. The van der Waals surface area contributed by atoms with Gasteiger partial charge in [0.1, 0.15) is 11.9 Å². The van der Waals surface area contributed by atoms with Gasteiger partial charge in [0, 0.05) is 5.69 Å². The van der Waals surface area contributed by atoms with Crippen molar-refractivity contribution in [1.29, 1.82) is 0 Å². The number of amides is 3. The Morgan fingerprint density at radius 2 is 1.88 bits per heavy atom. The summed E-state index contributed by atoms with van der Waals surface area (Å²) in [5.74, 6) is -0.335. The number of urea groups is 1. The zero-order chi connectivity index (χ0) is 17.1. The second-order valence-electron chi connectivity index (χ2n) is 6.43. The van der Waals surface area contributed by atoms with Crippen LogP contribution in [-0.4, -0.2) is 55.7 Å². The maximum Gasteiger partial charge on any atom is 0.329 e. The SMILES string of the molecule is CCC[C@@H]1NC(=O)N(C[NH+]2CCN(c3ccc(F)cc3)CC2)C1=O. The summed E-state index contributed by atoms with van der Waals surface area (Å²) in [5, 5.41) is 2.76. The molecular weight excluding hydrogens is 311 g/mol. The van der Waals surface area contributed by atoms with E-state index in [1.54, 1.807) is 12.1 Å². The van der Waals surface area contributed by atoms with Crippen molar-refractivity contribution in [2.75, 3.05) is 37.7 Å². The topological polar surface area (TPSA) is 57.1 Å². The van der Waals surface area contributed by atoms with Crippen LogP contribution in [0.1, 0.15) is 19.8 Å². The van der Waals surface area contributed by atoms with Gasteiger partial charge in [0.25, 0.3) is 5.91 Å². The zero-order valence-electron chi connectivity index (χ0n) is 13.9. The first kappa shape index (κ1) is 16.7. The molecule has 2 fully saturated rings. The summed E-state index contributed by atoms with van der Waals surface area (Å²) in [4.78, 5) is 29.0. The van der Waals surface area contributed by atoms with E-state index in [2.05, 4.69) is 10.2 Å². The standard InChI is InChI=1S/C17H23FN4O2/c1-2-3-15-16(23)22(17(24)19-15)12-20-8-10-21(11-9-20)14-6-4-13(18)5-7-14/h4-7,15H,2-3,8-12H2,1H3,(H,19,24)/p+1/t15-/m0/s1. The monoisotopic (exact) mass is 335 g/mol. The van der Waals surface area contributed by atoms with E-state index in [1.165, 1.54) is 21.9 Å². The highest BCUT2D eigenvalue weighted by Gasteiger charge is 2.39. The average Bonchev–Trinajstić information content (AvgIpc) is 2.84. The molecule has 2 heterocycles. The number of carbonyl (C=O) groups excluding carboxylic acids is 2. The molecule has 130 valence electrons. The van der Waals surface area contributed by atoms with E-state index < -0.39 is 0 Å². The lowest BCUT2D eigenvalue weighted by Crippen LogP contribution is -3.16. The molecule has 1 atom stereocenters. The van der Waals surface area contributed by atoms with Gasteiger partial charge in [-0.3, -0.25) is 4.79 Å². The lowest BCUT2D eigenvalue weighted by molar-refractivity contribution is -0.907. The number of hydrogen-bond donors (Lipinski definition) is 2. The number of rotatable bonds is 5. The minimum atomic E-state index is -0.359. The molecule has 3 amide bonds. The van der Waals surface area contributed by atoms with Crippen LogP contribution in [0.5, 0.6) is 0 Å². The van der Waals surface area contributed by atoms with Crippen LogP contribution >= 0.6 is 0 Å². The summed E-state index contributed by atoms with van der Waals surface area (Å²) in [6.45, 7) is 5.75. The van der Waals surface area contributed by atoms with E-state index in [1.807, 2.05) is 6.92 Å². The van der Waals surface area contributed by atoms with Crippen molar-refractivity contribution < 1.29 is 18.9 Å². The van der Waals surface area contributed by atoms with Gasteiger partial charge < -0.3 is 15.1 Å². The molecule has 2 aliphatic heterocycles. The quantitative estimate of drug-likeness (QED) is 0.757. The Labute approximate surface area is 141 Å². The highest BCUT2D eigenvalue weighted by molar-refractivity contribution is 6.03. The van der Waals surface area contributed by atoms with Gasteiger partial charge in [-0.15, -0.1) is 0 Å². The first-order chi connectivity index (χ1) is 11.6. The number of nitrogens with zero attached hydrogens (tertiary/aromatic N) is 2. The molecule has 24 heavy (non-hydrogen) atoms. The second-order valence-corrected chi connectivity index (χ2v) is 6.43. The van der Waals surface area contributed by atoms with Gasteiger partial charge in [-0.05, 0) is 30.7 Å². The first-order valence-electron chi connectivity index (χ1n) is 8.54. The lowest BCUT2D eigenvalue weighted by Gasteiger charge is -2.34. The summed E-state index contributed by atoms with van der Waals surface area (Å²) in [6, 6.07) is 5.88. The molecule has 0 spiro atoms. The zero-order valence-corrected chi connectivity index (χ0v) is 13.9. The van der Waals surface area contributed by atoms with E-state index in [0.717, 1.165) is 38.3 Å². The van der Waals surface area contributed by atoms with Crippen molar-refractivity contribution in [2.24, 2.45) is 0 Å². The number of piperazine rings is 1. The number of anilines is 1. The average molecular weight is 335 g/mol. The van der Waals surface area contributed by atoms with Gasteiger partial charge in [0.05, 0.1) is 26.2 Å². The number of hydrogen-bond acceptors (Lipinski definition) is 3. The molecule has 7 heteroatoms. The van der Waals surface area contributed by atoms with Crippen molar-refractivity contribution in [1.82, 2.24) is 10.2 Å². The number of carbonyl (C=O) groups is 2. The fourth-order valence-electron chi connectivity index (χ4n) is 3.33. The molecule has 0 bridgehead atoms. The normalized spacial score (nSPS) is 22.2. The molecular formula is C17H24FN4O2+. The Hall–Kier alpha value is -2.15. The van der Waals surface area contributed by atoms with E-state index in [-0.39, 0.29) is 23.8 Å². The van der Waals surface area contributed by atoms with E-state index in [4.69, 9.17) is 0 Å². The van der Waals surface area contributed by atoms with E-state index in [0.29, 0.717) is 13.1 Å². The molecule has 6 nitrogen and oxygen atoms in total. The lowest BCUT2D eigenvalue weighted by atomic mass is 10.2. The van der Waals surface area contributed by atoms with Gasteiger partial charge in [-0.25, -0.2) is 14.1 Å². The molecule has 1 aromatic carbocycles. The molecule has 2 N–H and O–H groups in total. The minimum Gasteiger partial charge on any atom is -0.360 e. The van der Waals surface area contributed by atoms with Crippen molar-refractivity contribution >= 4 is 17.6 Å². The van der Waals surface area contributed by atoms with E-state index in [9.17, 15) is 14.0 Å². The maximum absolute atomic E-state index is 13.0. The number of nitrogens with one attached hydrogen (secondary N) is 2. The molecule has 0 aromatic heterocycles. The molecule has 0 saturated carbocycles. The highest BCUT2D eigenvalue weighted by atomic mass is 19.1. The van der Waals surface area contributed by atoms with Gasteiger partial charge >= 0.3 is 6.03 Å². The van der Waals surface area contributed by atoms with Crippen LogP contribution in [0.3, 0.4) is 0 Å². The summed E-state index contributed by atoms with van der Waals surface area (Å²) in [6.07, 6.45) is 1.56. The predicted molar refractivity (Wildman–Crippen MR) is 88.3 cm³/mol. The second kappa shape index (κ2) is 7.17. The Balaban J connectivity index is 1.53. The van der Waals surface area contributed by atoms with Crippen LogP contribution in [0.25, 0.3) is 0 Å². The van der Waals surface area contributed by atoms with Crippen molar-refractivity contribution in [3.63, 3.8) is 0 Å². The fourth-order valence-corrected chi connectivity index (χ4v) is 3.33. The van der Waals surface area contributed by atoms with Gasteiger partial charge in [0.15, 0.2) is 6.67 Å². The van der Waals surface area contributed by atoms with Crippen LogP contribution < -0.4 is 15.1 Å². The third kappa shape index (κ3) is 3.51. The molecule has 3 rings (SSSR count). The molecule has 0 radical (unpaired) electrons. The van der Waals surface area contributed by atoms with Crippen LogP contribution in [0.2, 0.25) is 0 Å². The van der Waals surface area contributed by atoms with Crippen LogP contribution in [0.4, 0.5) is 14.9 Å². The van der Waals surface area contributed by atoms with Crippen molar-refractivity contribution in [3.8, 4) is 0 Å². The van der Waals surface area contributed by atoms with Crippen LogP contribution in [-0.2, 0) is 4.79 Å². The summed E-state index contributed by atoms with van der Waals surface area (Å²) in [7, 11) is 0. The first-order valence-corrected chi connectivity index (χ1v) is 8.54. The highest BCUT2D eigenvalue weighted by Crippen LogP contribution is 2.14. The summed E-state index contributed by atoms with van der Waals surface area (Å²) >= 11 is 0. The van der Waals surface area contributed by atoms with Gasteiger partial charge in [0.2, 0.25) is 0 Å². The number of benzene rings is 1. The number of quaternary nitrogens is 1. The maximum atomic E-state index is 13.0. The largest absolute Gasteiger partial charge is 0.360 e. The Morgan fingerprint density at radius 1 is 1.21 bits per heavy atom. The fraction of sp³-hybridized carbons (Fsp3) is 0.529. The third-order valence-corrected chi connectivity index (χ3v) is 4.73. The molecule has 0 aliphatic carbocycles. The van der Waals surface area contributed by atoms with Crippen LogP contribution in [0, 0.1) is 5.82 Å². The Bertz CT molecular complexity index is 599. The van der Waals surface area contributed by atoms with Gasteiger partial charge in [-0.1, -0.05) is 13.3 Å². The molecule has 2 saturated heterocycles. The summed E-state index contributed by atoms with van der Waals surface area (Å²) in [5.41, 5.74) is 1.01. The van der Waals surface area contributed by atoms with E-state index >= 15 is 0 Å². The molecule has 2 aliphatic rings. The minimum absolute atomic E-state index is 0.102.